The Morgan fingerprint density at radius 3 is 1.57 bits per heavy atom. The maximum Gasteiger partial charge on any atom is 0.141 e. The van der Waals surface area contributed by atoms with E-state index in [0.29, 0.717) is 11.4 Å². The van der Waals surface area contributed by atoms with Crippen LogP contribution in [0, 0.1) is 23.7 Å². The molecule has 0 atom stereocenters. The van der Waals surface area contributed by atoms with Gasteiger partial charge in [-0.3, -0.25) is 0 Å². The van der Waals surface area contributed by atoms with Crippen molar-refractivity contribution in [2.45, 2.75) is 0 Å². The summed E-state index contributed by atoms with van der Waals surface area (Å²) in [6, 6.07) is 11.6. The van der Waals surface area contributed by atoms with Gasteiger partial charge in [0.2, 0.25) is 0 Å². The Morgan fingerprint density at radius 1 is 0.571 bits per heavy atom. The van der Waals surface area contributed by atoms with Gasteiger partial charge in [-0.05, 0) is 36.1 Å². The maximum absolute atomic E-state index is 4.28. The molecule has 0 spiro atoms. The fraction of sp³-hybridized carbons (Fsp3) is 0. The molecule has 5 rings (SSSR count). The van der Waals surface area contributed by atoms with Crippen LogP contribution in [-0.2, 0) is 0 Å². The van der Waals surface area contributed by atoms with E-state index in [0.717, 1.165) is 33.2 Å². The Bertz CT molecular complexity index is 1320. The van der Waals surface area contributed by atoms with Gasteiger partial charge < -0.3 is 9.97 Å². The summed E-state index contributed by atoms with van der Waals surface area (Å²) in [5.74, 6) is 12.6. The summed E-state index contributed by atoms with van der Waals surface area (Å²) in [7, 11) is 0. The lowest BCUT2D eigenvalue weighted by Gasteiger charge is -1.96. The third-order valence-electron chi connectivity index (χ3n) is 4.27. The first kappa shape index (κ1) is 15.8. The average molecular weight is 360 g/mol. The highest BCUT2D eigenvalue weighted by Crippen LogP contribution is 2.14. The van der Waals surface area contributed by atoms with Gasteiger partial charge in [-0.25, -0.2) is 19.9 Å². The van der Waals surface area contributed by atoms with Crippen LogP contribution < -0.4 is 0 Å². The Labute approximate surface area is 160 Å². The maximum atomic E-state index is 4.28. The summed E-state index contributed by atoms with van der Waals surface area (Å²) in [5, 5.41) is 1.80. The van der Waals surface area contributed by atoms with Crippen LogP contribution >= 0.6 is 0 Å². The van der Waals surface area contributed by atoms with Gasteiger partial charge in [0.15, 0.2) is 0 Å². The molecule has 0 aliphatic rings. The van der Waals surface area contributed by atoms with Crippen LogP contribution in [0.25, 0.3) is 22.1 Å². The first-order chi connectivity index (χ1) is 13.9. The Kier molecular flexibility index (Phi) is 3.79. The fourth-order valence-electron chi connectivity index (χ4n) is 2.90. The minimum absolute atomic E-state index is 0.679. The highest BCUT2D eigenvalue weighted by atomic mass is 14.9. The van der Waals surface area contributed by atoms with Crippen LogP contribution in [0.1, 0.15) is 22.5 Å². The van der Waals surface area contributed by atoms with E-state index in [9.17, 15) is 0 Å². The number of benzene rings is 1. The molecule has 1 aromatic carbocycles. The third-order valence-corrected chi connectivity index (χ3v) is 4.27. The number of nitrogens with zero attached hydrogens (tertiary/aromatic N) is 4. The zero-order chi connectivity index (χ0) is 18.8. The minimum atomic E-state index is 0.679. The summed E-state index contributed by atoms with van der Waals surface area (Å²) in [4.78, 5) is 23.1. The van der Waals surface area contributed by atoms with Crippen LogP contribution in [0.5, 0.6) is 0 Å². The van der Waals surface area contributed by atoms with Crippen molar-refractivity contribution in [3.63, 3.8) is 0 Å². The second kappa shape index (κ2) is 6.71. The van der Waals surface area contributed by atoms with Crippen LogP contribution in [0.4, 0.5) is 0 Å². The van der Waals surface area contributed by atoms with Crippen LogP contribution in [0.3, 0.4) is 0 Å². The van der Waals surface area contributed by atoms with Crippen LogP contribution in [0.2, 0.25) is 0 Å². The SMILES string of the molecule is C(#Cc1ncnc2[nH]ccc12)c1ccccc1C#Cc1ncnc2[nH]ccc12. The van der Waals surface area contributed by atoms with Crippen molar-refractivity contribution in [3.8, 4) is 23.7 Å². The Hall–Kier alpha value is -4.42. The summed E-state index contributed by atoms with van der Waals surface area (Å²) in [5.41, 5.74) is 4.56. The fourth-order valence-corrected chi connectivity index (χ4v) is 2.90. The summed E-state index contributed by atoms with van der Waals surface area (Å²) < 4.78 is 0. The monoisotopic (exact) mass is 360 g/mol. The normalized spacial score (nSPS) is 10.3. The molecular weight excluding hydrogens is 348 g/mol. The molecule has 6 heteroatoms. The standard InChI is InChI=1S/C22H12N6/c1-2-4-16(6-8-20-18-10-12-24-22(18)28-14-26-20)15(3-1)5-7-19-17-9-11-23-21(17)27-13-25-19/h1-4,9-14H,(H,23,25,27)(H,24,26,28). The molecule has 130 valence electrons. The summed E-state index contributed by atoms with van der Waals surface area (Å²) in [6.07, 6.45) is 6.67. The molecular formula is C22H12N6. The van der Waals surface area contributed by atoms with E-state index < -0.39 is 0 Å². The zero-order valence-electron chi connectivity index (χ0n) is 14.6. The first-order valence-corrected chi connectivity index (χ1v) is 8.58. The van der Waals surface area contributed by atoms with Gasteiger partial charge in [-0.15, -0.1) is 0 Å². The van der Waals surface area contributed by atoms with Crippen molar-refractivity contribution in [1.29, 1.82) is 0 Å². The molecule has 5 aromatic rings. The number of aromatic amines is 2. The smallest absolute Gasteiger partial charge is 0.141 e. The topological polar surface area (TPSA) is 83.1 Å². The van der Waals surface area contributed by atoms with Gasteiger partial charge in [0, 0.05) is 23.5 Å². The van der Waals surface area contributed by atoms with E-state index in [1.807, 2.05) is 48.8 Å². The lowest BCUT2D eigenvalue weighted by Crippen LogP contribution is -1.89. The molecule has 6 nitrogen and oxygen atoms in total. The Morgan fingerprint density at radius 2 is 1.07 bits per heavy atom. The van der Waals surface area contributed by atoms with Crippen molar-refractivity contribution < 1.29 is 0 Å². The van der Waals surface area contributed by atoms with E-state index in [1.54, 1.807) is 0 Å². The number of fused-ring (bicyclic) bond motifs is 2. The molecule has 0 fully saturated rings. The molecule has 0 unspecified atom stereocenters. The number of hydrogen-bond acceptors (Lipinski definition) is 4. The van der Waals surface area contributed by atoms with E-state index in [2.05, 4.69) is 53.6 Å². The molecule has 0 amide bonds. The van der Waals surface area contributed by atoms with E-state index in [1.165, 1.54) is 12.7 Å². The van der Waals surface area contributed by atoms with Crippen LogP contribution in [-0.4, -0.2) is 29.9 Å². The van der Waals surface area contributed by atoms with Crippen molar-refractivity contribution in [2.75, 3.05) is 0 Å². The summed E-state index contributed by atoms with van der Waals surface area (Å²) in [6.45, 7) is 0. The molecule has 0 saturated carbocycles. The van der Waals surface area contributed by atoms with Crippen LogP contribution in [0.15, 0.2) is 61.4 Å². The second-order valence-electron chi connectivity index (χ2n) is 5.97. The average Bonchev–Trinajstić information content (AvgIpc) is 3.41. The van der Waals surface area contributed by atoms with Crippen molar-refractivity contribution in [1.82, 2.24) is 29.9 Å². The lowest BCUT2D eigenvalue weighted by atomic mass is 10.1. The second-order valence-corrected chi connectivity index (χ2v) is 5.97. The lowest BCUT2D eigenvalue weighted by molar-refractivity contribution is 1.18. The largest absolute Gasteiger partial charge is 0.346 e. The number of nitrogens with one attached hydrogen (secondary N) is 2. The van der Waals surface area contributed by atoms with Gasteiger partial charge in [0.25, 0.3) is 0 Å². The van der Waals surface area contributed by atoms with Gasteiger partial charge in [-0.2, -0.15) is 0 Å². The van der Waals surface area contributed by atoms with E-state index in [4.69, 9.17) is 0 Å². The molecule has 28 heavy (non-hydrogen) atoms. The molecule has 4 heterocycles. The molecule has 0 saturated heterocycles. The molecule has 0 aliphatic heterocycles. The molecule has 4 aromatic heterocycles. The third kappa shape index (κ3) is 2.86. The van der Waals surface area contributed by atoms with Gasteiger partial charge in [0.05, 0.1) is 10.8 Å². The van der Waals surface area contributed by atoms with Crippen molar-refractivity contribution >= 4 is 22.1 Å². The zero-order valence-corrected chi connectivity index (χ0v) is 14.6. The quantitative estimate of drug-likeness (QED) is 0.416. The first-order valence-electron chi connectivity index (χ1n) is 8.58. The van der Waals surface area contributed by atoms with Crippen molar-refractivity contribution in [3.05, 3.63) is 84.0 Å². The number of aromatic nitrogens is 6. The summed E-state index contributed by atoms with van der Waals surface area (Å²) >= 11 is 0. The van der Waals surface area contributed by atoms with Gasteiger partial charge in [0.1, 0.15) is 35.3 Å². The number of rotatable bonds is 0. The van der Waals surface area contributed by atoms with Crippen molar-refractivity contribution in [2.24, 2.45) is 0 Å². The predicted molar refractivity (Wildman–Crippen MR) is 106 cm³/mol. The van der Waals surface area contributed by atoms with E-state index >= 15 is 0 Å². The molecule has 2 N–H and O–H groups in total. The number of H-pyrrole nitrogens is 2. The highest BCUT2D eigenvalue weighted by molar-refractivity contribution is 5.81. The number of hydrogen-bond donors (Lipinski definition) is 2. The van der Waals surface area contributed by atoms with E-state index in [-0.39, 0.29) is 0 Å². The highest BCUT2D eigenvalue weighted by Gasteiger charge is 2.03. The Balaban J connectivity index is 1.55. The molecule has 0 radical (unpaired) electrons. The predicted octanol–water partition coefficient (Wildman–Crippen LogP) is 3.03. The van der Waals surface area contributed by atoms with Gasteiger partial charge in [-0.1, -0.05) is 24.0 Å². The minimum Gasteiger partial charge on any atom is -0.346 e. The van der Waals surface area contributed by atoms with Gasteiger partial charge >= 0.3 is 0 Å². The molecule has 0 aliphatic carbocycles. The molecule has 0 bridgehead atoms.